The molecule has 2 aromatic carbocycles. The number of benzene rings is 2. The summed E-state index contributed by atoms with van der Waals surface area (Å²) in [6.07, 6.45) is 2.51. The zero-order valence-corrected chi connectivity index (χ0v) is 20.4. The Labute approximate surface area is 206 Å². The van der Waals surface area contributed by atoms with E-state index in [1.807, 2.05) is 24.3 Å². The number of ether oxygens (including phenoxy) is 1. The zero-order valence-electron chi connectivity index (χ0n) is 20.4. The molecule has 4 rings (SSSR count). The number of hydrogen-bond acceptors (Lipinski definition) is 4. The van der Waals surface area contributed by atoms with Crippen molar-refractivity contribution in [3.63, 3.8) is 0 Å². The fourth-order valence-electron chi connectivity index (χ4n) is 5.29. The van der Waals surface area contributed by atoms with Crippen LogP contribution in [-0.2, 0) is 14.3 Å². The van der Waals surface area contributed by atoms with Crippen LogP contribution >= 0.6 is 0 Å². The number of carboxylic acid groups (broad SMARTS) is 1. The number of carbonyl (C=O) groups is 3. The van der Waals surface area contributed by atoms with Crippen LogP contribution in [0.3, 0.4) is 0 Å². The highest BCUT2D eigenvalue weighted by Gasteiger charge is 2.31. The first-order valence-electron chi connectivity index (χ1n) is 12.4. The monoisotopic (exact) mass is 478 g/mol. The van der Waals surface area contributed by atoms with E-state index in [9.17, 15) is 14.4 Å². The van der Waals surface area contributed by atoms with Gasteiger partial charge in [0.2, 0.25) is 5.91 Å². The van der Waals surface area contributed by atoms with Gasteiger partial charge in [0, 0.05) is 24.4 Å². The maximum absolute atomic E-state index is 12.6. The number of carbonyl (C=O) groups excluding carboxylic acids is 2. The van der Waals surface area contributed by atoms with E-state index in [1.165, 1.54) is 11.1 Å². The maximum atomic E-state index is 12.6. The average molecular weight is 479 g/mol. The molecule has 0 aliphatic heterocycles. The van der Waals surface area contributed by atoms with Gasteiger partial charge in [-0.3, -0.25) is 9.59 Å². The quantitative estimate of drug-likeness (QED) is 0.510. The second kappa shape index (κ2) is 10.5. The Morgan fingerprint density at radius 2 is 1.51 bits per heavy atom. The van der Waals surface area contributed by atoms with Gasteiger partial charge in [-0.15, -0.1) is 0 Å². The molecule has 7 nitrogen and oxygen atoms in total. The van der Waals surface area contributed by atoms with Crippen LogP contribution in [-0.4, -0.2) is 41.8 Å². The predicted octanol–water partition coefficient (Wildman–Crippen LogP) is 4.70. The van der Waals surface area contributed by atoms with Crippen LogP contribution in [0.25, 0.3) is 11.1 Å². The SMILES string of the molecule is CC(C)(CC(=O)NCC1CCC(C(=O)O)CC1)NC(=O)OCC1c2ccccc2-c2ccccc21. The van der Waals surface area contributed by atoms with Crippen molar-refractivity contribution in [2.24, 2.45) is 11.8 Å². The third-order valence-electron chi connectivity index (χ3n) is 7.17. The van der Waals surface area contributed by atoms with Gasteiger partial charge >= 0.3 is 12.1 Å². The van der Waals surface area contributed by atoms with Gasteiger partial charge < -0.3 is 20.5 Å². The number of carboxylic acids is 1. The highest BCUT2D eigenvalue weighted by Crippen LogP contribution is 2.44. The summed E-state index contributed by atoms with van der Waals surface area (Å²) < 4.78 is 5.61. The van der Waals surface area contributed by atoms with E-state index in [-0.39, 0.29) is 30.8 Å². The first-order valence-corrected chi connectivity index (χ1v) is 12.4. The van der Waals surface area contributed by atoms with Gasteiger partial charge in [0.25, 0.3) is 0 Å². The molecular formula is C28H34N2O5. The van der Waals surface area contributed by atoms with E-state index < -0.39 is 17.6 Å². The standard InChI is InChI=1S/C28H34N2O5/c1-28(2,15-25(31)29-16-18-11-13-19(14-12-18)26(32)33)30-27(34)35-17-24-22-9-5-3-7-20(22)21-8-4-6-10-23(21)24/h3-10,18-19,24H,11-17H2,1-2H3,(H,29,31)(H,30,34)(H,32,33). The minimum atomic E-state index is -0.770. The summed E-state index contributed by atoms with van der Waals surface area (Å²) in [6.45, 7) is 4.35. The molecular weight excluding hydrogens is 444 g/mol. The molecule has 1 saturated carbocycles. The van der Waals surface area contributed by atoms with E-state index in [0.29, 0.717) is 25.3 Å². The highest BCUT2D eigenvalue weighted by molar-refractivity contribution is 5.80. The number of nitrogens with one attached hydrogen (secondary N) is 2. The summed E-state index contributed by atoms with van der Waals surface area (Å²) in [5.74, 6) is -0.853. The third-order valence-corrected chi connectivity index (χ3v) is 7.17. The van der Waals surface area contributed by atoms with Crippen LogP contribution in [0.4, 0.5) is 4.79 Å². The molecule has 0 bridgehead atoms. The second-order valence-corrected chi connectivity index (χ2v) is 10.4. The van der Waals surface area contributed by atoms with Gasteiger partial charge in [-0.1, -0.05) is 48.5 Å². The van der Waals surface area contributed by atoms with Crippen LogP contribution in [0.15, 0.2) is 48.5 Å². The molecule has 35 heavy (non-hydrogen) atoms. The van der Waals surface area contributed by atoms with Crippen molar-refractivity contribution in [2.75, 3.05) is 13.2 Å². The lowest BCUT2D eigenvalue weighted by Gasteiger charge is -2.28. The molecule has 0 atom stereocenters. The van der Waals surface area contributed by atoms with E-state index in [4.69, 9.17) is 9.84 Å². The summed E-state index contributed by atoms with van der Waals surface area (Å²) in [6, 6.07) is 16.4. The maximum Gasteiger partial charge on any atom is 0.407 e. The average Bonchev–Trinajstić information content (AvgIpc) is 3.15. The Hall–Kier alpha value is -3.35. The van der Waals surface area contributed by atoms with Crippen molar-refractivity contribution in [1.82, 2.24) is 10.6 Å². The van der Waals surface area contributed by atoms with Crippen molar-refractivity contribution >= 4 is 18.0 Å². The fourth-order valence-corrected chi connectivity index (χ4v) is 5.29. The number of amides is 2. The summed E-state index contributed by atoms with van der Waals surface area (Å²) in [5, 5.41) is 14.9. The van der Waals surface area contributed by atoms with E-state index in [1.54, 1.807) is 13.8 Å². The van der Waals surface area contributed by atoms with Crippen LogP contribution in [0, 0.1) is 11.8 Å². The predicted molar refractivity (Wildman–Crippen MR) is 133 cm³/mol. The molecule has 0 radical (unpaired) electrons. The molecule has 186 valence electrons. The van der Waals surface area contributed by atoms with Gasteiger partial charge in [-0.2, -0.15) is 0 Å². The summed E-state index contributed by atoms with van der Waals surface area (Å²) in [7, 11) is 0. The van der Waals surface area contributed by atoms with E-state index in [0.717, 1.165) is 24.0 Å². The minimum Gasteiger partial charge on any atom is -0.481 e. The lowest BCUT2D eigenvalue weighted by Crippen LogP contribution is -2.47. The first-order chi connectivity index (χ1) is 16.7. The molecule has 0 heterocycles. The normalized spacial score (nSPS) is 19.4. The molecule has 1 fully saturated rings. The molecule has 0 spiro atoms. The zero-order chi connectivity index (χ0) is 25.0. The Morgan fingerprint density at radius 3 is 2.09 bits per heavy atom. The van der Waals surface area contributed by atoms with Crippen LogP contribution < -0.4 is 10.6 Å². The van der Waals surface area contributed by atoms with Crippen molar-refractivity contribution < 1.29 is 24.2 Å². The second-order valence-electron chi connectivity index (χ2n) is 10.4. The molecule has 0 aromatic heterocycles. The third kappa shape index (κ3) is 6.02. The highest BCUT2D eigenvalue weighted by atomic mass is 16.5. The van der Waals surface area contributed by atoms with Crippen molar-refractivity contribution in [3.05, 3.63) is 59.7 Å². The topological polar surface area (TPSA) is 105 Å². The Bertz CT molecular complexity index is 1040. The van der Waals surface area contributed by atoms with Gasteiger partial charge in [0.05, 0.1) is 5.92 Å². The van der Waals surface area contributed by atoms with Crippen molar-refractivity contribution in [2.45, 2.75) is 57.4 Å². The molecule has 7 heteroatoms. The summed E-state index contributed by atoms with van der Waals surface area (Å²) in [5.41, 5.74) is 3.87. The Balaban J connectivity index is 1.24. The largest absolute Gasteiger partial charge is 0.481 e. The fraction of sp³-hybridized carbons (Fsp3) is 0.464. The lowest BCUT2D eigenvalue weighted by atomic mass is 9.82. The molecule has 3 N–H and O–H groups in total. The number of alkyl carbamates (subject to hydrolysis) is 1. The minimum absolute atomic E-state index is 0.0178. The van der Waals surface area contributed by atoms with Gasteiger partial charge in [0.15, 0.2) is 0 Å². The molecule has 2 aliphatic rings. The number of fused-ring (bicyclic) bond motifs is 3. The van der Waals surface area contributed by atoms with Gasteiger partial charge in [-0.25, -0.2) is 4.79 Å². The smallest absolute Gasteiger partial charge is 0.407 e. The molecule has 2 aromatic rings. The summed E-state index contributed by atoms with van der Waals surface area (Å²) in [4.78, 5) is 36.2. The Morgan fingerprint density at radius 1 is 0.943 bits per heavy atom. The van der Waals surface area contributed by atoms with Gasteiger partial charge in [-0.05, 0) is 67.7 Å². The Kier molecular flexibility index (Phi) is 7.43. The van der Waals surface area contributed by atoms with E-state index in [2.05, 4.69) is 34.9 Å². The van der Waals surface area contributed by atoms with Crippen LogP contribution in [0.1, 0.15) is 63.0 Å². The van der Waals surface area contributed by atoms with Crippen molar-refractivity contribution in [1.29, 1.82) is 0 Å². The van der Waals surface area contributed by atoms with Gasteiger partial charge in [0.1, 0.15) is 6.61 Å². The number of rotatable bonds is 8. The molecule has 2 amide bonds. The van der Waals surface area contributed by atoms with Crippen LogP contribution in [0.5, 0.6) is 0 Å². The molecule has 0 unspecified atom stereocenters. The lowest BCUT2D eigenvalue weighted by molar-refractivity contribution is -0.143. The number of hydrogen-bond donors (Lipinski definition) is 3. The van der Waals surface area contributed by atoms with Crippen LogP contribution in [0.2, 0.25) is 0 Å². The number of aliphatic carboxylic acids is 1. The first kappa shape index (κ1) is 24.8. The summed E-state index contributed by atoms with van der Waals surface area (Å²) >= 11 is 0. The molecule has 0 saturated heterocycles. The van der Waals surface area contributed by atoms with E-state index >= 15 is 0 Å². The van der Waals surface area contributed by atoms with Crippen molar-refractivity contribution in [3.8, 4) is 11.1 Å². The molecule has 2 aliphatic carbocycles.